The Morgan fingerprint density at radius 1 is 1.12 bits per heavy atom. The summed E-state index contributed by atoms with van der Waals surface area (Å²) < 4.78 is 10.9. The first-order chi connectivity index (χ1) is 12.8. The van der Waals surface area contributed by atoms with Crippen LogP contribution in [0.1, 0.15) is 46.0 Å². The van der Waals surface area contributed by atoms with E-state index in [1.54, 1.807) is 0 Å². The molecule has 0 N–H and O–H groups in total. The minimum absolute atomic E-state index is 0.104. The standard InChI is InChI=1S/C23H30O3/c1-3-21(16-20-8-6-5-7-9-20)22(4-2)17-26-23-12-10-19(11-13-23)14-15-25-18-24/h3-4,6,8-12,18,23H,5,7,13-17H2,1-2H3/b21-3-,22-4-. The molecular formula is C23H30O3. The van der Waals surface area contributed by atoms with Crippen LogP contribution in [0.5, 0.6) is 0 Å². The Balaban J connectivity index is 1.81. The number of carbonyl (C=O) groups excluding carboxylic acids is 1. The van der Waals surface area contributed by atoms with E-state index in [2.05, 4.69) is 62.5 Å². The van der Waals surface area contributed by atoms with Crippen molar-refractivity contribution in [1.29, 1.82) is 0 Å². The number of allylic oxidation sites excluding steroid dienone is 7. The van der Waals surface area contributed by atoms with Crippen LogP contribution in [0.4, 0.5) is 0 Å². The maximum absolute atomic E-state index is 10.2. The number of carbonyl (C=O) groups is 1. The summed E-state index contributed by atoms with van der Waals surface area (Å²) in [5.74, 6) is 0. The van der Waals surface area contributed by atoms with Crippen molar-refractivity contribution in [3.63, 3.8) is 0 Å². The maximum atomic E-state index is 10.2. The second-order valence-electron chi connectivity index (χ2n) is 6.50. The first-order valence-electron chi connectivity index (χ1n) is 9.47. The number of ether oxygens (including phenoxy) is 2. The topological polar surface area (TPSA) is 35.5 Å². The van der Waals surface area contributed by atoms with Crippen molar-refractivity contribution in [2.24, 2.45) is 0 Å². The Bertz CT molecular complexity index is 644. The zero-order valence-corrected chi connectivity index (χ0v) is 15.9. The smallest absolute Gasteiger partial charge is 0.293 e. The molecule has 0 radical (unpaired) electrons. The SMILES string of the molecule is C/C=C(CC1=CCCC=C1)\C(=C/C)COC1C=CC(CCOC=O)=CC1. The van der Waals surface area contributed by atoms with Crippen LogP contribution in [-0.2, 0) is 14.3 Å². The Kier molecular flexibility index (Phi) is 8.91. The molecule has 0 aromatic heterocycles. The molecule has 0 saturated carbocycles. The van der Waals surface area contributed by atoms with E-state index in [1.165, 1.54) is 22.3 Å². The van der Waals surface area contributed by atoms with Gasteiger partial charge >= 0.3 is 0 Å². The third-order valence-corrected chi connectivity index (χ3v) is 4.74. The van der Waals surface area contributed by atoms with Crippen molar-refractivity contribution in [3.8, 4) is 0 Å². The monoisotopic (exact) mass is 354 g/mol. The van der Waals surface area contributed by atoms with Crippen LogP contribution in [0.2, 0.25) is 0 Å². The number of hydrogen-bond acceptors (Lipinski definition) is 3. The van der Waals surface area contributed by atoms with Crippen LogP contribution in [0, 0.1) is 0 Å². The van der Waals surface area contributed by atoms with Gasteiger partial charge in [-0.25, -0.2) is 0 Å². The number of rotatable bonds is 10. The minimum atomic E-state index is 0.104. The molecule has 0 bridgehead atoms. The molecular weight excluding hydrogens is 324 g/mol. The van der Waals surface area contributed by atoms with Gasteiger partial charge in [0.05, 0.1) is 19.3 Å². The van der Waals surface area contributed by atoms with E-state index < -0.39 is 0 Å². The Morgan fingerprint density at radius 3 is 2.58 bits per heavy atom. The average Bonchev–Trinajstić information content (AvgIpc) is 2.69. The normalized spacial score (nSPS) is 20.6. The highest BCUT2D eigenvalue weighted by molar-refractivity contribution is 5.38. The average molecular weight is 354 g/mol. The summed E-state index contributed by atoms with van der Waals surface area (Å²) in [6, 6.07) is 0. The molecule has 3 heteroatoms. The van der Waals surface area contributed by atoms with Gasteiger partial charge in [-0.2, -0.15) is 0 Å². The van der Waals surface area contributed by atoms with Gasteiger partial charge in [0.2, 0.25) is 0 Å². The van der Waals surface area contributed by atoms with E-state index in [-0.39, 0.29) is 6.10 Å². The van der Waals surface area contributed by atoms with E-state index in [4.69, 9.17) is 9.47 Å². The molecule has 3 nitrogen and oxygen atoms in total. The van der Waals surface area contributed by atoms with E-state index in [9.17, 15) is 4.79 Å². The third-order valence-electron chi connectivity index (χ3n) is 4.74. The molecule has 0 aromatic rings. The lowest BCUT2D eigenvalue weighted by Gasteiger charge is -2.20. The van der Waals surface area contributed by atoms with Gasteiger partial charge in [0, 0.05) is 6.42 Å². The lowest BCUT2D eigenvalue weighted by molar-refractivity contribution is -0.128. The van der Waals surface area contributed by atoms with Gasteiger partial charge in [-0.1, -0.05) is 48.6 Å². The van der Waals surface area contributed by atoms with E-state index in [1.807, 2.05) is 0 Å². The van der Waals surface area contributed by atoms with Crippen LogP contribution >= 0.6 is 0 Å². The summed E-state index contributed by atoms with van der Waals surface area (Å²) in [5.41, 5.74) is 5.19. The maximum Gasteiger partial charge on any atom is 0.293 e. The van der Waals surface area contributed by atoms with Crippen molar-refractivity contribution >= 4 is 6.47 Å². The lowest BCUT2D eigenvalue weighted by atomic mass is 9.95. The predicted octanol–water partition coefficient (Wildman–Crippen LogP) is 5.38. The Morgan fingerprint density at radius 2 is 1.96 bits per heavy atom. The molecule has 2 rings (SSSR count). The first kappa shape index (κ1) is 20.2. The Labute approximate surface area is 157 Å². The molecule has 2 aliphatic carbocycles. The van der Waals surface area contributed by atoms with Gasteiger partial charge in [-0.3, -0.25) is 4.79 Å². The predicted molar refractivity (Wildman–Crippen MR) is 107 cm³/mol. The van der Waals surface area contributed by atoms with Gasteiger partial charge in [-0.05, 0) is 61.8 Å². The van der Waals surface area contributed by atoms with Crippen LogP contribution < -0.4 is 0 Å². The van der Waals surface area contributed by atoms with Crippen molar-refractivity contribution in [1.82, 2.24) is 0 Å². The minimum Gasteiger partial charge on any atom is -0.468 e. The molecule has 1 unspecified atom stereocenters. The second kappa shape index (κ2) is 11.5. The molecule has 0 saturated heterocycles. The van der Waals surface area contributed by atoms with E-state index in [0.29, 0.717) is 19.7 Å². The van der Waals surface area contributed by atoms with Gasteiger partial charge in [-0.15, -0.1) is 0 Å². The van der Waals surface area contributed by atoms with Crippen molar-refractivity contribution < 1.29 is 14.3 Å². The van der Waals surface area contributed by atoms with E-state index >= 15 is 0 Å². The zero-order valence-electron chi connectivity index (χ0n) is 15.9. The summed E-state index contributed by atoms with van der Waals surface area (Å²) in [6.07, 6.45) is 22.5. The summed E-state index contributed by atoms with van der Waals surface area (Å²) >= 11 is 0. The van der Waals surface area contributed by atoms with Gasteiger partial charge in [0.1, 0.15) is 0 Å². The summed E-state index contributed by atoms with van der Waals surface area (Å²) in [7, 11) is 0. The molecule has 1 atom stereocenters. The fraction of sp³-hybridized carbons (Fsp3) is 0.435. The quantitative estimate of drug-likeness (QED) is 0.300. The van der Waals surface area contributed by atoms with Crippen LogP contribution in [0.15, 0.2) is 70.9 Å². The van der Waals surface area contributed by atoms with E-state index in [0.717, 1.165) is 32.1 Å². The largest absolute Gasteiger partial charge is 0.468 e. The summed E-state index contributed by atoms with van der Waals surface area (Å²) in [4.78, 5) is 10.2. The number of hydrogen-bond donors (Lipinski definition) is 0. The summed E-state index contributed by atoms with van der Waals surface area (Å²) in [5, 5.41) is 0. The molecule has 26 heavy (non-hydrogen) atoms. The molecule has 0 amide bonds. The van der Waals surface area contributed by atoms with Crippen molar-refractivity contribution in [2.45, 2.75) is 52.1 Å². The molecule has 0 spiro atoms. The molecule has 0 aliphatic heterocycles. The summed E-state index contributed by atoms with van der Waals surface area (Å²) in [6.45, 7) is 5.73. The molecule has 2 aliphatic rings. The third kappa shape index (κ3) is 6.64. The zero-order chi connectivity index (χ0) is 18.6. The molecule has 0 fully saturated rings. The lowest BCUT2D eigenvalue weighted by Crippen LogP contribution is -2.14. The highest BCUT2D eigenvalue weighted by atomic mass is 16.5. The van der Waals surface area contributed by atoms with Crippen molar-refractivity contribution in [3.05, 3.63) is 70.9 Å². The van der Waals surface area contributed by atoms with Gasteiger partial charge < -0.3 is 9.47 Å². The fourth-order valence-corrected chi connectivity index (χ4v) is 3.16. The fourth-order valence-electron chi connectivity index (χ4n) is 3.16. The highest BCUT2D eigenvalue weighted by Gasteiger charge is 2.12. The van der Waals surface area contributed by atoms with Crippen molar-refractivity contribution in [2.75, 3.05) is 13.2 Å². The Hall–Kier alpha value is -2.13. The van der Waals surface area contributed by atoms with Gasteiger partial charge in [0.15, 0.2) is 0 Å². The van der Waals surface area contributed by atoms with Crippen LogP contribution in [0.3, 0.4) is 0 Å². The molecule has 0 aromatic carbocycles. The first-order valence-corrected chi connectivity index (χ1v) is 9.47. The van der Waals surface area contributed by atoms with Crippen LogP contribution in [-0.4, -0.2) is 25.8 Å². The second-order valence-corrected chi connectivity index (χ2v) is 6.50. The molecule has 140 valence electrons. The van der Waals surface area contributed by atoms with Gasteiger partial charge in [0.25, 0.3) is 6.47 Å². The molecule has 0 heterocycles. The van der Waals surface area contributed by atoms with Crippen LogP contribution in [0.25, 0.3) is 0 Å². The highest BCUT2D eigenvalue weighted by Crippen LogP contribution is 2.24.